The molecule has 0 aliphatic rings. The van der Waals surface area contributed by atoms with Crippen LogP contribution >= 0.6 is 0 Å². The van der Waals surface area contributed by atoms with Gasteiger partial charge in [-0.15, -0.1) is 0 Å². The van der Waals surface area contributed by atoms with E-state index >= 15 is 0 Å². The SMILES string of the molecule is CC[n+]1ccc(/C=C/c2ccc3c(c2)c2ccccc2n3CCOCCOC)c2ccccc21.[Br-]. The van der Waals surface area contributed by atoms with Crippen LogP contribution < -0.4 is 21.5 Å². The maximum atomic E-state index is 5.75. The minimum atomic E-state index is 0. The van der Waals surface area contributed by atoms with E-state index in [-0.39, 0.29) is 17.0 Å². The monoisotopic (exact) mass is 530 g/mol. The lowest BCUT2D eigenvalue weighted by molar-refractivity contribution is -0.667. The van der Waals surface area contributed by atoms with E-state index in [0.717, 1.165) is 13.1 Å². The Hall–Kier alpha value is -2.99. The molecule has 0 bridgehead atoms. The highest BCUT2D eigenvalue weighted by molar-refractivity contribution is 6.08. The van der Waals surface area contributed by atoms with Gasteiger partial charge in [-0.2, -0.15) is 4.57 Å². The Morgan fingerprint density at radius 3 is 2.40 bits per heavy atom. The first-order chi connectivity index (χ1) is 16.8. The minimum Gasteiger partial charge on any atom is -1.00 e. The Labute approximate surface area is 217 Å². The largest absolute Gasteiger partial charge is 1.00 e. The number of hydrogen-bond donors (Lipinski definition) is 0. The predicted molar refractivity (Wildman–Crippen MR) is 141 cm³/mol. The molecule has 0 unspecified atom stereocenters. The first-order valence-electron chi connectivity index (χ1n) is 12.0. The summed E-state index contributed by atoms with van der Waals surface area (Å²) in [5, 5.41) is 3.82. The Morgan fingerprint density at radius 2 is 1.57 bits per heavy atom. The highest BCUT2D eigenvalue weighted by Crippen LogP contribution is 2.30. The lowest BCUT2D eigenvalue weighted by Crippen LogP contribution is -3.00. The average Bonchev–Trinajstić information content (AvgIpc) is 3.20. The maximum absolute atomic E-state index is 5.75. The fraction of sp³-hybridized carbons (Fsp3) is 0.233. The number of aryl methyl sites for hydroxylation is 1. The van der Waals surface area contributed by atoms with Crippen LogP contribution in [0.25, 0.3) is 44.9 Å². The molecule has 2 heterocycles. The summed E-state index contributed by atoms with van der Waals surface area (Å²) in [7, 11) is 1.70. The second kappa shape index (κ2) is 11.6. The molecule has 180 valence electrons. The molecule has 0 saturated heterocycles. The zero-order valence-corrected chi connectivity index (χ0v) is 21.9. The lowest BCUT2D eigenvalue weighted by Gasteiger charge is -2.08. The van der Waals surface area contributed by atoms with E-state index in [1.807, 2.05) is 0 Å². The second-order valence-electron chi connectivity index (χ2n) is 8.46. The standard InChI is InChI=1S/C30H31N2O2.BrH/c1-3-31-17-16-24(25-8-4-6-10-28(25)31)14-12-23-13-15-30-27(22-23)26-9-5-7-11-29(26)32(30)18-19-34-21-20-33-2;/h4-17,22H,3,18-21H2,1-2H3;1H/q+1;/p-1. The number of methoxy groups -OCH3 is 1. The summed E-state index contributed by atoms with van der Waals surface area (Å²) in [6, 6.07) is 26.2. The minimum absolute atomic E-state index is 0. The lowest BCUT2D eigenvalue weighted by atomic mass is 10.1. The first kappa shape index (κ1) is 25.1. The highest BCUT2D eigenvalue weighted by Gasteiger charge is 2.11. The zero-order chi connectivity index (χ0) is 23.3. The number of rotatable bonds is 9. The number of benzene rings is 3. The van der Waals surface area contributed by atoms with Gasteiger partial charge in [-0.25, -0.2) is 0 Å². The smallest absolute Gasteiger partial charge is 0.213 e. The number of para-hydroxylation sites is 2. The number of ether oxygens (including phenoxy) is 2. The molecule has 0 spiro atoms. The van der Waals surface area contributed by atoms with Gasteiger partial charge in [-0.3, -0.25) is 0 Å². The molecule has 5 aromatic rings. The van der Waals surface area contributed by atoms with Crippen LogP contribution in [0.5, 0.6) is 0 Å². The molecule has 4 nitrogen and oxygen atoms in total. The van der Waals surface area contributed by atoms with Gasteiger partial charge in [0, 0.05) is 47.6 Å². The Balaban J connectivity index is 0.00000289. The fourth-order valence-electron chi connectivity index (χ4n) is 4.73. The van der Waals surface area contributed by atoms with Gasteiger partial charge < -0.3 is 31.0 Å². The molecular formula is C30H31BrN2O2. The van der Waals surface area contributed by atoms with Crippen molar-refractivity contribution in [3.05, 3.63) is 90.1 Å². The van der Waals surface area contributed by atoms with E-state index in [1.54, 1.807) is 7.11 Å². The Kier molecular flexibility index (Phi) is 8.34. The Bertz CT molecular complexity index is 1470. The number of aromatic nitrogens is 2. The van der Waals surface area contributed by atoms with Gasteiger partial charge >= 0.3 is 0 Å². The van der Waals surface area contributed by atoms with Crippen LogP contribution in [-0.2, 0) is 22.6 Å². The fourth-order valence-corrected chi connectivity index (χ4v) is 4.73. The second-order valence-corrected chi connectivity index (χ2v) is 8.46. The van der Waals surface area contributed by atoms with E-state index in [0.29, 0.717) is 19.8 Å². The molecule has 0 N–H and O–H groups in total. The van der Waals surface area contributed by atoms with Crippen molar-refractivity contribution >= 4 is 44.9 Å². The van der Waals surface area contributed by atoms with Gasteiger partial charge in [0.15, 0.2) is 6.20 Å². The van der Waals surface area contributed by atoms with Crippen LogP contribution in [0, 0.1) is 0 Å². The van der Waals surface area contributed by atoms with Gasteiger partial charge in [-0.05, 0) is 42.3 Å². The third-order valence-corrected chi connectivity index (χ3v) is 6.44. The number of fused-ring (bicyclic) bond motifs is 4. The van der Waals surface area contributed by atoms with Crippen LogP contribution in [-0.4, -0.2) is 31.5 Å². The van der Waals surface area contributed by atoms with Crippen molar-refractivity contribution < 1.29 is 31.0 Å². The summed E-state index contributed by atoms with van der Waals surface area (Å²) in [4.78, 5) is 0. The predicted octanol–water partition coefficient (Wildman–Crippen LogP) is 3.09. The summed E-state index contributed by atoms with van der Waals surface area (Å²) in [5.41, 5.74) is 6.17. The van der Waals surface area contributed by atoms with Crippen molar-refractivity contribution in [3.63, 3.8) is 0 Å². The maximum Gasteiger partial charge on any atom is 0.213 e. The summed E-state index contributed by atoms with van der Waals surface area (Å²) in [5.74, 6) is 0. The summed E-state index contributed by atoms with van der Waals surface area (Å²) < 4.78 is 15.5. The molecule has 0 atom stereocenters. The molecule has 0 aliphatic heterocycles. The van der Waals surface area contributed by atoms with Gasteiger partial charge in [0.25, 0.3) is 0 Å². The van der Waals surface area contributed by atoms with Gasteiger partial charge in [-0.1, -0.05) is 48.6 Å². The Morgan fingerprint density at radius 1 is 0.800 bits per heavy atom. The molecule has 0 fully saturated rings. The summed E-state index contributed by atoms with van der Waals surface area (Å²) in [6.07, 6.45) is 6.62. The number of halogens is 1. The highest BCUT2D eigenvalue weighted by atomic mass is 79.9. The summed E-state index contributed by atoms with van der Waals surface area (Å²) >= 11 is 0. The third kappa shape index (κ3) is 5.18. The van der Waals surface area contributed by atoms with E-state index in [2.05, 4.69) is 107 Å². The van der Waals surface area contributed by atoms with Gasteiger partial charge in [0.2, 0.25) is 5.52 Å². The molecule has 2 aromatic heterocycles. The van der Waals surface area contributed by atoms with Crippen molar-refractivity contribution in [1.82, 2.24) is 4.57 Å². The molecular weight excluding hydrogens is 500 g/mol. The van der Waals surface area contributed by atoms with Crippen molar-refractivity contribution in [1.29, 1.82) is 0 Å². The number of nitrogens with zero attached hydrogens (tertiary/aromatic N) is 2. The van der Waals surface area contributed by atoms with E-state index < -0.39 is 0 Å². The van der Waals surface area contributed by atoms with Crippen LogP contribution in [0.15, 0.2) is 79.0 Å². The zero-order valence-electron chi connectivity index (χ0n) is 20.3. The van der Waals surface area contributed by atoms with Crippen LogP contribution in [0.2, 0.25) is 0 Å². The van der Waals surface area contributed by atoms with Gasteiger partial charge in [0.05, 0.1) is 25.2 Å². The molecule has 0 radical (unpaired) electrons. The van der Waals surface area contributed by atoms with Crippen molar-refractivity contribution in [2.45, 2.75) is 20.0 Å². The van der Waals surface area contributed by atoms with Crippen LogP contribution in [0.4, 0.5) is 0 Å². The molecule has 5 heteroatoms. The van der Waals surface area contributed by atoms with Crippen LogP contribution in [0.3, 0.4) is 0 Å². The average molecular weight is 531 g/mol. The van der Waals surface area contributed by atoms with Gasteiger partial charge in [0.1, 0.15) is 6.54 Å². The molecule has 0 amide bonds. The first-order valence-corrected chi connectivity index (χ1v) is 12.0. The number of pyridine rings is 1. The van der Waals surface area contributed by atoms with Crippen molar-refractivity contribution in [2.24, 2.45) is 0 Å². The van der Waals surface area contributed by atoms with E-state index in [1.165, 1.54) is 43.8 Å². The molecule has 5 rings (SSSR count). The topological polar surface area (TPSA) is 27.3 Å². The quantitative estimate of drug-likeness (QED) is 0.216. The normalized spacial score (nSPS) is 11.6. The van der Waals surface area contributed by atoms with E-state index in [4.69, 9.17) is 9.47 Å². The molecule has 3 aromatic carbocycles. The molecule has 0 aliphatic carbocycles. The van der Waals surface area contributed by atoms with Crippen molar-refractivity contribution in [3.8, 4) is 0 Å². The molecule has 0 saturated carbocycles. The summed E-state index contributed by atoms with van der Waals surface area (Å²) in [6.45, 7) is 5.86. The number of hydrogen-bond acceptors (Lipinski definition) is 2. The van der Waals surface area contributed by atoms with E-state index in [9.17, 15) is 0 Å². The third-order valence-electron chi connectivity index (χ3n) is 6.44. The molecule has 35 heavy (non-hydrogen) atoms. The van der Waals surface area contributed by atoms with Crippen LogP contribution in [0.1, 0.15) is 18.1 Å². The van der Waals surface area contributed by atoms with Crippen molar-refractivity contribution in [2.75, 3.05) is 26.9 Å².